The van der Waals surface area contributed by atoms with Crippen molar-refractivity contribution in [3.05, 3.63) is 50.7 Å². The van der Waals surface area contributed by atoms with Gasteiger partial charge < -0.3 is 14.7 Å². The number of carbonyl (C=O) groups excluding carboxylic acids is 2. The number of halogens is 1. The maximum absolute atomic E-state index is 13.2. The summed E-state index contributed by atoms with van der Waals surface area (Å²) in [4.78, 5) is 37.6. The van der Waals surface area contributed by atoms with Crippen molar-refractivity contribution in [2.75, 3.05) is 11.9 Å². The summed E-state index contributed by atoms with van der Waals surface area (Å²) in [6, 6.07) is 5.19. The second kappa shape index (κ2) is 9.04. The number of hydrogen-bond donors (Lipinski definition) is 1. The van der Waals surface area contributed by atoms with Gasteiger partial charge in [0.15, 0.2) is 5.82 Å². The van der Waals surface area contributed by atoms with Crippen LogP contribution >= 0.6 is 11.6 Å². The number of anilines is 1. The second-order valence-electron chi connectivity index (χ2n) is 7.02. The summed E-state index contributed by atoms with van der Waals surface area (Å²) in [5.74, 6) is -0.00590. The molecule has 0 spiro atoms. The van der Waals surface area contributed by atoms with Crippen LogP contribution in [0, 0.1) is 17.0 Å². The molecule has 0 radical (unpaired) electrons. The van der Waals surface area contributed by atoms with Gasteiger partial charge in [-0.05, 0) is 25.8 Å². The Hall–Kier alpha value is -2.94. The maximum atomic E-state index is 13.2. The molecule has 1 N–H and O–H groups in total. The van der Waals surface area contributed by atoms with E-state index in [2.05, 4.69) is 10.5 Å². The first-order valence-corrected chi connectivity index (χ1v) is 9.71. The lowest BCUT2D eigenvalue weighted by atomic mass is 9.93. The van der Waals surface area contributed by atoms with Crippen LogP contribution < -0.4 is 5.32 Å². The highest BCUT2D eigenvalue weighted by molar-refractivity contribution is 6.34. The van der Waals surface area contributed by atoms with Crippen LogP contribution in [0.25, 0.3) is 0 Å². The summed E-state index contributed by atoms with van der Waals surface area (Å²) in [6.45, 7) is 1.53. The lowest BCUT2D eigenvalue weighted by Crippen LogP contribution is -2.45. The number of non-ortho nitro benzene ring substituents is 1. The molecule has 0 unspecified atom stereocenters. The van der Waals surface area contributed by atoms with Gasteiger partial charge in [-0.25, -0.2) is 0 Å². The number of nitro benzene ring substituents is 1. The molecule has 154 valence electrons. The number of carbonyl (C=O) groups is 2. The SMILES string of the molecule is Cc1cc(NC(=O)CN(C(=O)c2ccc([N+](=O)[O-])cc2Cl)C2CCCCC2)no1. The molecule has 10 heteroatoms. The molecule has 2 amide bonds. The van der Waals surface area contributed by atoms with E-state index < -0.39 is 16.7 Å². The van der Waals surface area contributed by atoms with E-state index >= 15 is 0 Å². The van der Waals surface area contributed by atoms with Crippen molar-refractivity contribution >= 4 is 34.9 Å². The molecule has 1 aromatic carbocycles. The number of benzene rings is 1. The zero-order chi connectivity index (χ0) is 21.0. The Labute approximate surface area is 172 Å². The van der Waals surface area contributed by atoms with Crippen LogP contribution in [-0.4, -0.2) is 39.4 Å². The summed E-state index contributed by atoms with van der Waals surface area (Å²) in [5, 5.41) is 17.2. The zero-order valence-corrected chi connectivity index (χ0v) is 16.6. The van der Waals surface area contributed by atoms with Gasteiger partial charge in [0.1, 0.15) is 12.3 Å². The lowest BCUT2D eigenvalue weighted by molar-refractivity contribution is -0.384. The van der Waals surface area contributed by atoms with Gasteiger partial charge >= 0.3 is 0 Å². The fourth-order valence-corrected chi connectivity index (χ4v) is 3.72. The Kier molecular flexibility index (Phi) is 6.48. The zero-order valence-electron chi connectivity index (χ0n) is 15.9. The fourth-order valence-electron chi connectivity index (χ4n) is 3.47. The number of hydrogen-bond acceptors (Lipinski definition) is 6. The average Bonchev–Trinajstić information content (AvgIpc) is 3.10. The first-order chi connectivity index (χ1) is 13.8. The molecule has 9 nitrogen and oxygen atoms in total. The van der Waals surface area contributed by atoms with Gasteiger partial charge in [-0.2, -0.15) is 0 Å². The van der Waals surface area contributed by atoms with E-state index in [9.17, 15) is 19.7 Å². The molecule has 0 bridgehead atoms. The van der Waals surface area contributed by atoms with Gasteiger partial charge in [-0.15, -0.1) is 0 Å². The topological polar surface area (TPSA) is 119 Å². The van der Waals surface area contributed by atoms with Crippen LogP contribution in [0.15, 0.2) is 28.8 Å². The Balaban J connectivity index is 1.81. The summed E-state index contributed by atoms with van der Waals surface area (Å²) < 4.78 is 4.93. The van der Waals surface area contributed by atoms with Crippen LogP contribution in [-0.2, 0) is 4.79 Å². The lowest BCUT2D eigenvalue weighted by Gasteiger charge is -2.34. The molecule has 29 heavy (non-hydrogen) atoms. The molecule has 0 aliphatic heterocycles. The van der Waals surface area contributed by atoms with Gasteiger partial charge in [-0.1, -0.05) is 36.0 Å². The smallest absolute Gasteiger partial charge is 0.270 e. The van der Waals surface area contributed by atoms with E-state index in [0.29, 0.717) is 5.76 Å². The number of rotatable bonds is 6. The summed E-state index contributed by atoms with van der Waals surface area (Å²) in [7, 11) is 0. The molecule has 1 aliphatic carbocycles. The Bertz CT molecular complexity index is 923. The Morgan fingerprint density at radius 1 is 1.31 bits per heavy atom. The molecule has 0 atom stereocenters. The number of nitrogens with one attached hydrogen (secondary N) is 1. The van der Waals surface area contributed by atoms with Crippen molar-refractivity contribution < 1.29 is 19.0 Å². The van der Waals surface area contributed by atoms with Gasteiger partial charge in [0.25, 0.3) is 11.6 Å². The van der Waals surface area contributed by atoms with Gasteiger partial charge in [-0.3, -0.25) is 19.7 Å². The van der Waals surface area contributed by atoms with E-state index in [1.807, 2.05) is 0 Å². The average molecular weight is 421 g/mol. The fraction of sp³-hybridized carbons (Fsp3) is 0.421. The first-order valence-electron chi connectivity index (χ1n) is 9.33. The maximum Gasteiger partial charge on any atom is 0.270 e. The van der Waals surface area contributed by atoms with E-state index in [1.165, 1.54) is 17.0 Å². The molecule has 1 fully saturated rings. The van der Waals surface area contributed by atoms with E-state index in [0.717, 1.165) is 38.2 Å². The molecule has 1 aromatic heterocycles. The highest BCUT2D eigenvalue weighted by Crippen LogP contribution is 2.28. The quantitative estimate of drug-likeness (QED) is 0.558. The Morgan fingerprint density at radius 2 is 2.03 bits per heavy atom. The predicted octanol–water partition coefficient (Wildman–Crippen LogP) is 3.96. The summed E-state index contributed by atoms with van der Waals surface area (Å²) >= 11 is 6.15. The summed E-state index contributed by atoms with van der Waals surface area (Å²) in [6.07, 6.45) is 4.58. The molecule has 1 aliphatic rings. The van der Waals surface area contributed by atoms with E-state index in [4.69, 9.17) is 16.1 Å². The minimum Gasteiger partial charge on any atom is -0.360 e. The molecular weight excluding hydrogens is 400 g/mol. The third-order valence-corrected chi connectivity index (χ3v) is 5.19. The number of nitro groups is 1. The highest BCUT2D eigenvalue weighted by Gasteiger charge is 2.30. The third kappa shape index (κ3) is 5.11. The van der Waals surface area contributed by atoms with Crippen molar-refractivity contribution in [1.29, 1.82) is 0 Å². The molecule has 1 saturated carbocycles. The summed E-state index contributed by atoms with van der Waals surface area (Å²) in [5.41, 5.74) is -0.0668. The van der Waals surface area contributed by atoms with Crippen LogP contribution in [0.2, 0.25) is 5.02 Å². The predicted molar refractivity (Wildman–Crippen MR) is 106 cm³/mol. The minimum atomic E-state index is -0.577. The van der Waals surface area contributed by atoms with Crippen LogP contribution in [0.4, 0.5) is 11.5 Å². The monoisotopic (exact) mass is 420 g/mol. The Morgan fingerprint density at radius 3 is 2.62 bits per heavy atom. The van der Waals surface area contributed by atoms with E-state index in [1.54, 1.807) is 13.0 Å². The van der Waals surface area contributed by atoms with Gasteiger partial charge in [0.2, 0.25) is 5.91 Å². The van der Waals surface area contributed by atoms with Crippen molar-refractivity contribution in [3.8, 4) is 0 Å². The molecule has 2 aromatic rings. The van der Waals surface area contributed by atoms with Gasteiger partial charge in [0, 0.05) is 24.2 Å². The molecule has 0 saturated heterocycles. The second-order valence-corrected chi connectivity index (χ2v) is 7.42. The van der Waals surface area contributed by atoms with E-state index in [-0.39, 0.29) is 34.7 Å². The van der Waals surface area contributed by atoms with Crippen LogP contribution in [0.3, 0.4) is 0 Å². The number of amides is 2. The number of aromatic nitrogens is 1. The largest absolute Gasteiger partial charge is 0.360 e. The van der Waals surface area contributed by atoms with Crippen molar-refractivity contribution in [3.63, 3.8) is 0 Å². The van der Waals surface area contributed by atoms with Crippen LogP contribution in [0.1, 0.15) is 48.2 Å². The van der Waals surface area contributed by atoms with Crippen molar-refractivity contribution in [2.24, 2.45) is 0 Å². The normalized spacial score (nSPS) is 14.4. The van der Waals surface area contributed by atoms with Crippen molar-refractivity contribution in [2.45, 2.75) is 45.1 Å². The van der Waals surface area contributed by atoms with Gasteiger partial charge in [0.05, 0.1) is 15.5 Å². The number of aryl methyl sites for hydroxylation is 1. The molecule has 1 heterocycles. The number of nitrogens with zero attached hydrogens (tertiary/aromatic N) is 3. The van der Waals surface area contributed by atoms with Crippen LogP contribution in [0.5, 0.6) is 0 Å². The third-order valence-electron chi connectivity index (χ3n) is 4.88. The standard InChI is InChI=1S/C19H21ClN4O5/c1-12-9-17(22-29-12)21-18(25)11-23(13-5-3-2-4-6-13)19(26)15-8-7-14(24(27)28)10-16(15)20/h7-10,13H,2-6,11H2,1H3,(H,21,22,25). The van der Waals surface area contributed by atoms with Crippen molar-refractivity contribution in [1.82, 2.24) is 10.1 Å². The highest BCUT2D eigenvalue weighted by atomic mass is 35.5. The molecule has 3 rings (SSSR count). The molecular formula is C19H21ClN4O5. The first kappa shape index (κ1) is 20.8. The minimum absolute atomic E-state index is 0.0162.